The quantitative estimate of drug-likeness (QED) is 0.759. The van der Waals surface area contributed by atoms with Gasteiger partial charge in [0.25, 0.3) is 0 Å². The molecule has 1 rings (SSSR count). The zero-order valence-corrected chi connectivity index (χ0v) is 9.58. The van der Waals surface area contributed by atoms with Crippen molar-refractivity contribution in [3.8, 4) is 0 Å². The van der Waals surface area contributed by atoms with Crippen molar-refractivity contribution in [3.63, 3.8) is 0 Å². The second kappa shape index (κ2) is 4.62. The van der Waals surface area contributed by atoms with Gasteiger partial charge >= 0.3 is 12.4 Å². The highest BCUT2D eigenvalue weighted by Crippen LogP contribution is 2.45. The number of halogens is 7. The molecule has 0 saturated heterocycles. The SMILES string of the molecule is CC(O)c1ccc(C(F)(F)F)c(Cl)c1C(F)(F)F. The molecular formula is C10H7ClF6O. The first-order valence-electron chi connectivity index (χ1n) is 4.61. The normalized spacial score (nSPS) is 14.7. The van der Waals surface area contributed by atoms with Gasteiger partial charge in [0.2, 0.25) is 0 Å². The van der Waals surface area contributed by atoms with Crippen LogP contribution in [0.15, 0.2) is 12.1 Å². The third kappa shape index (κ3) is 2.89. The number of hydrogen-bond donors (Lipinski definition) is 1. The molecule has 1 N–H and O–H groups in total. The summed E-state index contributed by atoms with van der Waals surface area (Å²) in [6.07, 6.45) is -11.7. The number of rotatable bonds is 1. The van der Waals surface area contributed by atoms with E-state index in [1.807, 2.05) is 0 Å². The van der Waals surface area contributed by atoms with Gasteiger partial charge in [-0.25, -0.2) is 0 Å². The van der Waals surface area contributed by atoms with E-state index < -0.39 is 40.2 Å². The fourth-order valence-corrected chi connectivity index (χ4v) is 1.83. The zero-order chi connectivity index (χ0) is 14.3. The molecule has 1 aromatic rings. The maximum absolute atomic E-state index is 12.7. The molecule has 0 amide bonds. The molecule has 1 unspecified atom stereocenters. The molecule has 0 saturated carbocycles. The summed E-state index contributed by atoms with van der Waals surface area (Å²) in [4.78, 5) is 0. The maximum atomic E-state index is 12.7. The molecule has 0 heterocycles. The van der Waals surface area contributed by atoms with Crippen LogP contribution in [0, 0.1) is 0 Å². The van der Waals surface area contributed by atoms with Crippen LogP contribution in [0.1, 0.15) is 29.7 Å². The third-order valence-electron chi connectivity index (χ3n) is 2.21. The Morgan fingerprint density at radius 1 is 1.06 bits per heavy atom. The van der Waals surface area contributed by atoms with Crippen molar-refractivity contribution in [2.24, 2.45) is 0 Å². The molecule has 1 nitrogen and oxygen atoms in total. The number of hydrogen-bond acceptors (Lipinski definition) is 1. The molecule has 1 atom stereocenters. The molecule has 0 radical (unpaired) electrons. The van der Waals surface area contributed by atoms with Crippen LogP contribution in [-0.2, 0) is 12.4 Å². The largest absolute Gasteiger partial charge is 0.418 e. The van der Waals surface area contributed by atoms with E-state index in [9.17, 15) is 26.3 Å². The van der Waals surface area contributed by atoms with Crippen molar-refractivity contribution in [2.75, 3.05) is 0 Å². The first kappa shape index (κ1) is 15.1. The minimum absolute atomic E-state index is 0.416. The molecule has 0 aliphatic carbocycles. The second-order valence-electron chi connectivity index (χ2n) is 3.56. The molecule has 1 aromatic carbocycles. The maximum Gasteiger partial charge on any atom is 0.418 e. The molecule has 18 heavy (non-hydrogen) atoms. The van der Waals surface area contributed by atoms with Gasteiger partial charge in [-0.3, -0.25) is 0 Å². The fraction of sp³-hybridized carbons (Fsp3) is 0.400. The van der Waals surface area contributed by atoms with Gasteiger partial charge in [-0.05, 0) is 18.6 Å². The lowest BCUT2D eigenvalue weighted by Gasteiger charge is -2.19. The summed E-state index contributed by atoms with van der Waals surface area (Å²) in [6.45, 7) is 1.01. The fourth-order valence-electron chi connectivity index (χ4n) is 1.45. The van der Waals surface area contributed by atoms with Crippen LogP contribution in [0.2, 0.25) is 5.02 Å². The van der Waals surface area contributed by atoms with E-state index in [2.05, 4.69) is 0 Å². The minimum atomic E-state index is -5.08. The van der Waals surface area contributed by atoms with Gasteiger partial charge in [-0.15, -0.1) is 0 Å². The molecule has 0 fully saturated rings. The van der Waals surface area contributed by atoms with Gasteiger partial charge < -0.3 is 5.11 Å². The van der Waals surface area contributed by atoms with Crippen molar-refractivity contribution in [1.29, 1.82) is 0 Å². The first-order valence-corrected chi connectivity index (χ1v) is 4.99. The highest BCUT2D eigenvalue weighted by atomic mass is 35.5. The van der Waals surface area contributed by atoms with Crippen molar-refractivity contribution < 1.29 is 31.4 Å². The van der Waals surface area contributed by atoms with Crippen LogP contribution in [0.5, 0.6) is 0 Å². The Morgan fingerprint density at radius 2 is 1.56 bits per heavy atom. The average Bonchev–Trinajstić information content (AvgIpc) is 2.12. The van der Waals surface area contributed by atoms with Crippen LogP contribution in [-0.4, -0.2) is 5.11 Å². The Morgan fingerprint density at radius 3 is 1.89 bits per heavy atom. The lowest BCUT2D eigenvalue weighted by atomic mass is 9.99. The van der Waals surface area contributed by atoms with Gasteiger partial charge in [0, 0.05) is 0 Å². The standard InChI is InChI=1S/C10H7ClF6O/c1-4(18)5-2-3-6(9(12,13)14)8(11)7(5)10(15,16)17/h2-4,18H,1H3. The summed E-state index contributed by atoms with van der Waals surface area (Å²) in [5.74, 6) is 0. The zero-order valence-electron chi connectivity index (χ0n) is 8.83. The Hall–Kier alpha value is -0.950. The molecule has 102 valence electrons. The van der Waals surface area contributed by atoms with Crippen molar-refractivity contribution in [2.45, 2.75) is 25.4 Å². The molecule has 0 spiro atoms. The van der Waals surface area contributed by atoms with E-state index in [0.717, 1.165) is 6.92 Å². The summed E-state index contributed by atoms with van der Waals surface area (Å²) >= 11 is 5.18. The van der Waals surface area contributed by atoms with Crippen molar-refractivity contribution >= 4 is 11.6 Å². The highest BCUT2D eigenvalue weighted by molar-refractivity contribution is 6.32. The number of aliphatic hydroxyl groups is 1. The molecular weight excluding hydrogens is 286 g/mol. The molecule has 0 aliphatic rings. The van der Waals surface area contributed by atoms with E-state index in [1.54, 1.807) is 0 Å². The number of benzene rings is 1. The van der Waals surface area contributed by atoms with Gasteiger partial charge in [-0.2, -0.15) is 26.3 Å². The summed E-state index contributed by atoms with van der Waals surface area (Å²) in [5, 5.41) is 7.70. The minimum Gasteiger partial charge on any atom is -0.389 e. The van der Waals surface area contributed by atoms with E-state index in [4.69, 9.17) is 16.7 Å². The van der Waals surface area contributed by atoms with Crippen LogP contribution in [0.3, 0.4) is 0 Å². The summed E-state index contributed by atoms with van der Waals surface area (Å²) < 4.78 is 75.3. The lowest BCUT2D eigenvalue weighted by molar-refractivity contribution is -0.143. The van der Waals surface area contributed by atoms with E-state index in [1.165, 1.54) is 0 Å². The molecule has 0 aliphatic heterocycles. The molecule has 8 heteroatoms. The van der Waals surface area contributed by atoms with Crippen LogP contribution >= 0.6 is 11.6 Å². The van der Waals surface area contributed by atoms with Gasteiger partial charge in [0.1, 0.15) is 0 Å². The average molecular weight is 293 g/mol. The van der Waals surface area contributed by atoms with Crippen molar-refractivity contribution in [1.82, 2.24) is 0 Å². The smallest absolute Gasteiger partial charge is 0.389 e. The summed E-state index contributed by atoms with van der Waals surface area (Å²) in [6, 6.07) is 0.988. The Labute approximate surface area is 103 Å². The van der Waals surface area contributed by atoms with E-state index in [-0.39, 0.29) is 0 Å². The second-order valence-corrected chi connectivity index (χ2v) is 3.94. The Kier molecular flexibility index (Phi) is 3.88. The molecule has 0 aromatic heterocycles. The first-order chi connectivity index (χ1) is 7.96. The Balaban J connectivity index is 3.61. The predicted octanol–water partition coefficient (Wildman–Crippen LogP) is 4.43. The monoisotopic (exact) mass is 292 g/mol. The van der Waals surface area contributed by atoms with Crippen LogP contribution < -0.4 is 0 Å². The van der Waals surface area contributed by atoms with Gasteiger partial charge in [-0.1, -0.05) is 17.7 Å². The van der Waals surface area contributed by atoms with E-state index >= 15 is 0 Å². The van der Waals surface area contributed by atoms with Crippen LogP contribution in [0.25, 0.3) is 0 Å². The predicted molar refractivity (Wildman–Crippen MR) is 52.1 cm³/mol. The van der Waals surface area contributed by atoms with E-state index in [0.29, 0.717) is 12.1 Å². The topological polar surface area (TPSA) is 20.2 Å². The lowest BCUT2D eigenvalue weighted by Crippen LogP contribution is -2.16. The number of alkyl halides is 6. The summed E-state index contributed by atoms with van der Waals surface area (Å²) in [5.41, 5.74) is -3.93. The van der Waals surface area contributed by atoms with Crippen LogP contribution in [0.4, 0.5) is 26.3 Å². The Bertz CT molecular complexity index is 449. The highest BCUT2D eigenvalue weighted by Gasteiger charge is 2.42. The number of aliphatic hydroxyl groups excluding tert-OH is 1. The molecule has 0 bridgehead atoms. The third-order valence-corrected chi connectivity index (χ3v) is 2.61. The van der Waals surface area contributed by atoms with Crippen molar-refractivity contribution in [3.05, 3.63) is 33.8 Å². The van der Waals surface area contributed by atoms with Gasteiger partial charge in [0.15, 0.2) is 0 Å². The van der Waals surface area contributed by atoms with Gasteiger partial charge in [0.05, 0.1) is 22.3 Å². The summed E-state index contributed by atoms with van der Waals surface area (Å²) in [7, 11) is 0.